The molecule has 4 rings (SSSR count). The van der Waals surface area contributed by atoms with Gasteiger partial charge in [-0.05, 0) is 49.9 Å². The van der Waals surface area contributed by atoms with Gasteiger partial charge in [-0.3, -0.25) is 0 Å². The molecule has 9 nitrogen and oxygen atoms in total. The van der Waals surface area contributed by atoms with E-state index in [4.69, 9.17) is 4.74 Å². The van der Waals surface area contributed by atoms with Crippen LogP contribution in [0.4, 0.5) is 16.2 Å². The monoisotopic (exact) mass is 487 g/mol. The summed E-state index contributed by atoms with van der Waals surface area (Å²) in [6, 6.07) is 10.1. The molecule has 0 aliphatic carbocycles. The number of carbonyl (C=O) groups is 1. The minimum Gasteiger partial charge on any atom is -0.496 e. The van der Waals surface area contributed by atoms with Crippen LogP contribution in [-0.2, 0) is 23.0 Å². The van der Waals surface area contributed by atoms with Crippen molar-refractivity contribution < 1.29 is 17.9 Å². The van der Waals surface area contributed by atoms with Gasteiger partial charge in [0, 0.05) is 68.3 Å². The molecule has 2 aromatic rings. The molecule has 34 heavy (non-hydrogen) atoms. The average molecular weight is 488 g/mol. The van der Waals surface area contributed by atoms with Crippen molar-refractivity contribution in [3.05, 3.63) is 47.5 Å². The fourth-order valence-electron chi connectivity index (χ4n) is 4.53. The zero-order chi connectivity index (χ0) is 24.3. The highest BCUT2D eigenvalue weighted by molar-refractivity contribution is 7.89. The largest absolute Gasteiger partial charge is 0.496 e. The van der Waals surface area contributed by atoms with Gasteiger partial charge in [0.25, 0.3) is 0 Å². The minimum atomic E-state index is -3.53. The Morgan fingerprint density at radius 3 is 2.35 bits per heavy atom. The number of nitrogens with zero attached hydrogens (tertiary/aromatic N) is 3. The van der Waals surface area contributed by atoms with Gasteiger partial charge < -0.3 is 24.8 Å². The fourth-order valence-corrected chi connectivity index (χ4v) is 5.57. The molecule has 2 aliphatic heterocycles. The molecule has 0 atom stereocenters. The number of methoxy groups -OCH3 is 1. The summed E-state index contributed by atoms with van der Waals surface area (Å²) in [5.74, 6) is 0.866. The van der Waals surface area contributed by atoms with Crippen LogP contribution in [0.25, 0.3) is 0 Å². The number of amides is 2. The number of urea groups is 1. The lowest BCUT2D eigenvalue weighted by atomic mass is 9.96. The predicted molar refractivity (Wildman–Crippen MR) is 133 cm³/mol. The Hall–Kier alpha value is -2.82. The maximum Gasteiger partial charge on any atom is 0.322 e. The van der Waals surface area contributed by atoms with E-state index in [9.17, 15) is 13.2 Å². The average Bonchev–Trinajstić information content (AvgIpc) is 2.84. The number of sulfonamides is 1. The summed E-state index contributed by atoms with van der Waals surface area (Å²) in [6.45, 7) is 7.02. The normalized spacial score (nSPS) is 16.8. The van der Waals surface area contributed by atoms with Gasteiger partial charge in [0.1, 0.15) is 5.75 Å². The first-order valence-electron chi connectivity index (χ1n) is 11.6. The zero-order valence-electron chi connectivity index (χ0n) is 20.0. The van der Waals surface area contributed by atoms with Crippen molar-refractivity contribution >= 4 is 27.4 Å². The lowest BCUT2D eigenvalue weighted by molar-refractivity contribution is 0.206. The molecule has 2 heterocycles. The van der Waals surface area contributed by atoms with E-state index >= 15 is 0 Å². The number of ether oxygens (including phenoxy) is 1. The zero-order valence-corrected chi connectivity index (χ0v) is 20.8. The quantitative estimate of drug-likeness (QED) is 0.650. The number of hydrogen-bond acceptors (Lipinski definition) is 6. The number of carbonyl (C=O) groups excluding carboxylic acids is 1. The molecule has 2 N–H and O–H groups in total. The number of piperazine rings is 1. The Balaban J connectivity index is 1.50. The van der Waals surface area contributed by atoms with Gasteiger partial charge in [0.2, 0.25) is 10.0 Å². The van der Waals surface area contributed by atoms with Gasteiger partial charge >= 0.3 is 6.03 Å². The number of rotatable bonds is 6. The van der Waals surface area contributed by atoms with E-state index in [0.717, 1.165) is 37.5 Å². The Morgan fingerprint density at radius 2 is 1.71 bits per heavy atom. The summed E-state index contributed by atoms with van der Waals surface area (Å²) in [6.07, 6.45) is 0.716. The van der Waals surface area contributed by atoms with Crippen LogP contribution in [0.15, 0.2) is 41.3 Å². The highest BCUT2D eigenvalue weighted by Gasteiger charge is 2.28. The molecule has 0 aromatic heterocycles. The molecule has 10 heteroatoms. The Kier molecular flexibility index (Phi) is 7.30. The van der Waals surface area contributed by atoms with Crippen LogP contribution in [0, 0.1) is 0 Å². The standard InChI is InChI=1S/C24H33N5O4S/c1-4-25-34(31,32)19-7-5-18(6-8-19)26-24(30)29-12-11-20-21(17-29)22(9-10-23(20)33-3)28-15-13-27(2)14-16-28/h5-10,25H,4,11-17H2,1-3H3,(H,26,30). The molecule has 0 saturated carbocycles. The van der Waals surface area contributed by atoms with Gasteiger partial charge in [-0.25, -0.2) is 17.9 Å². The second kappa shape index (κ2) is 10.2. The third-order valence-electron chi connectivity index (χ3n) is 6.45. The molecule has 0 bridgehead atoms. The lowest BCUT2D eigenvalue weighted by Gasteiger charge is -2.38. The van der Waals surface area contributed by atoms with Crippen LogP contribution in [0.2, 0.25) is 0 Å². The van der Waals surface area contributed by atoms with Crippen LogP contribution >= 0.6 is 0 Å². The topological polar surface area (TPSA) is 94.2 Å². The first-order valence-corrected chi connectivity index (χ1v) is 13.1. The fraction of sp³-hybridized carbons (Fsp3) is 0.458. The molecule has 1 saturated heterocycles. The lowest BCUT2D eigenvalue weighted by Crippen LogP contribution is -2.46. The molecule has 184 valence electrons. The molecule has 2 amide bonds. The minimum absolute atomic E-state index is 0.170. The third kappa shape index (κ3) is 5.13. The van der Waals surface area contributed by atoms with E-state index in [1.54, 1.807) is 31.1 Å². The number of anilines is 2. The number of benzene rings is 2. The van der Waals surface area contributed by atoms with Crippen molar-refractivity contribution in [2.75, 3.05) is 63.6 Å². The van der Waals surface area contributed by atoms with Gasteiger partial charge in [-0.2, -0.15) is 0 Å². The molecular formula is C24H33N5O4S. The number of fused-ring (bicyclic) bond motifs is 1. The van der Waals surface area contributed by atoms with E-state index < -0.39 is 10.0 Å². The van der Waals surface area contributed by atoms with E-state index in [1.165, 1.54) is 23.4 Å². The third-order valence-corrected chi connectivity index (χ3v) is 8.01. The number of hydrogen-bond donors (Lipinski definition) is 2. The Morgan fingerprint density at radius 1 is 1.00 bits per heavy atom. The van der Waals surface area contributed by atoms with E-state index in [-0.39, 0.29) is 10.9 Å². The van der Waals surface area contributed by atoms with Gasteiger partial charge in [-0.15, -0.1) is 0 Å². The highest BCUT2D eigenvalue weighted by atomic mass is 32.2. The second-order valence-corrected chi connectivity index (χ2v) is 10.4. The highest BCUT2D eigenvalue weighted by Crippen LogP contribution is 2.36. The second-order valence-electron chi connectivity index (χ2n) is 8.66. The van der Waals surface area contributed by atoms with E-state index in [2.05, 4.69) is 33.0 Å². The number of likely N-dealkylation sites (N-methyl/N-ethyl adjacent to an activating group) is 1. The van der Waals surface area contributed by atoms with Crippen LogP contribution < -0.4 is 19.7 Å². The summed E-state index contributed by atoms with van der Waals surface area (Å²) in [4.78, 5) is 19.8. The summed E-state index contributed by atoms with van der Waals surface area (Å²) in [7, 11) is 0.291. The van der Waals surface area contributed by atoms with Crippen molar-refractivity contribution in [3.63, 3.8) is 0 Å². The van der Waals surface area contributed by atoms with Crippen molar-refractivity contribution in [3.8, 4) is 5.75 Å². The maximum absolute atomic E-state index is 13.1. The smallest absolute Gasteiger partial charge is 0.322 e. The molecule has 2 aliphatic rings. The predicted octanol–water partition coefficient (Wildman–Crippen LogP) is 2.34. The van der Waals surface area contributed by atoms with E-state index in [0.29, 0.717) is 31.7 Å². The molecule has 1 fully saturated rings. The summed E-state index contributed by atoms with van der Waals surface area (Å²) in [5.41, 5.74) is 4.02. The van der Waals surface area contributed by atoms with Gasteiger partial charge in [0.05, 0.1) is 12.0 Å². The van der Waals surface area contributed by atoms with Gasteiger partial charge in [0.15, 0.2) is 0 Å². The molecule has 2 aromatic carbocycles. The van der Waals surface area contributed by atoms with E-state index in [1.807, 2.05) is 6.07 Å². The Bertz CT molecular complexity index is 1130. The first kappa shape index (κ1) is 24.3. The van der Waals surface area contributed by atoms with Crippen LogP contribution in [0.5, 0.6) is 5.75 Å². The van der Waals surface area contributed by atoms with Gasteiger partial charge in [-0.1, -0.05) is 6.92 Å². The maximum atomic E-state index is 13.1. The van der Waals surface area contributed by atoms with Crippen molar-refractivity contribution in [1.29, 1.82) is 0 Å². The van der Waals surface area contributed by atoms with Crippen LogP contribution in [-0.4, -0.2) is 77.7 Å². The van der Waals surface area contributed by atoms with Crippen LogP contribution in [0.1, 0.15) is 18.1 Å². The molecule has 0 unspecified atom stereocenters. The number of nitrogens with one attached hydrogen (secondary N) is 2. The summed E-state index contributed by atoms with van der Waals surface area (Å²) in [5, 5.41) is 2.91. The first-order chi connectivity index (χ1) is 16.3. The van der Waals surface area contributed by atoms with Crippen LogP contribution in [0.3, 0.4) is 0 Å². The molecule has 0 spiro atoms. The Labute approximate surface area is 201 Å². The summed E-state index contributed by atoms with van der Waals surface area (Å²) >= 11 is 0. The molecule has 0 radical (unpaired) electrons. The summed E-state index contributed by atoms with van der Waals surface area (Å²) < 4.78 is 32.4. The van der Waals surface area contributed by atoms with Crippen molar-refractivity contribution in [1.82, 2.24) is 14.5 Å². The van der Waals surface area contributed by atoms with Crippen molar-refractivity contribution in [2.45, 2.75) is 24.8 Å². The SMILES string of the molecule is CCNS(=O)(=O)c1ccc(NC(=O)N2CCc3c(OC)ccc(N4CCN(C)CC4)c3C2)cc1. The van der Waals surface area contributed by atoms with Crippen molar-refractivity contribution in [2.24, 2.45) is 0 Å². The molecular weight excluding hydrogens is 454 g/mol.